The van der Waals surface area contributed by atoms with Crippen molar-refractivity contribution in [3.05, 3.63) is 17.7 Å². The molecule has 0 aliphatic rings. The van der Waals surface area contributed by atoms with Crippen molar-refractivity contribution in [1.82, 2.24) is 15.3 Å². The third-order valence-corrected chi connectivity index (χ3v) is 2.31. The lowest BCUT2D eigenvalue weighted by molar-refractivity contribution is 0.209. The van der Waals surface area contributed by atoms with Crippen molar-refractivity contribution >= 4 is 0 Å². The molecular formula is C10H19N3O. The number of aliphatic hydroxyl groups is 1. The number of aliphatic hydroxyl groups excluding tert-OH is 1. The molecule has 0 amide bonds. The highest BCUT2D eigenvalue weighted by Gasteiger charge is 2.11. The largest absolute Gasteiger partial charge is 0.395 e. The quantitative estimate of drug-likeness (QED) is 0.655. The highest BCUT2D eigenvalue weighted by atomic mass is 16.3. The molecule has 1 heterocycles. The van der Waals surface area contributed by atoms with Crippen molar-refractivity contribution in [3.8, 4) is 0 Å². The maximum atomic E-state index is 9.09. The van der Waals surface area contributed by atoms with Gasteiger partial charge in [0.1, 0.15) is 5.82 Å². The molecule has 0 saturated carbocycles. The van der Waals surface area contributed by atoms with E-state index in [1.54, 1.807) is 0 Å². The molecule has 0 bridgehead atoms. The first-order chi connectivity index (χ1) is 6.63. The summed E-state index contributed by atoms with van der Waals surface area (Å²) in [6.45, 7) is 7.00. The lowest BCUT2D eigenvalue weighted by Gasteiger charge is -2.19. The van der Waals surface area contributed by atoms with Crippen molar-refractivity contribution in [3.63, 3.8) is 0 Å². The molecule has 0 spiro atoms. The maximum Gasteiger partial charge on any atom is 0.103 e. The summed E-state index contributed by atoms with van der Waals surface area (Å²) in [6, 6.07) is 0.151. The maximum absolute atomic E-state index is 9.09. The topological polar surface area (TPSA) is 60.9 Å². The van der Waals surface area contributed by atoms with Crippen molar-refractivity contribution < 1.29 is 5.11 Å². The molecule has 0 aliphatic heterocycles. The summed E-state index contributed by atoms with van der Waals surface area (Å²) in [5.74, 6) is 1.36. The first kappa shape index (κ1) is 11.2. The van der Waals surface area contributed by atoms with Gasteiger partial charge in [-0.05, 0) is 12.8 Å². The van der Waals surface area contributed by atoms with Crippen molar-refractivity contribution in [1.29, 1.82) is 0 Å². The van der Waals surface area contributed by atoms with Crippen LogP contribution in [0.1, 0.15) is 25.4 Å². The summed E-state index contributed by atoms with van der Waals surface area (Å²) in [5.41, 5.74) is 1.06. The number of hydrogen-bond acceptors (Lipinski definition) is 3. The lowest BCUT2D eigenvalue weighted by atomic mass is 10.1. The van der Waals surface area contributed by atoms with Gasteiger partial charge >= 0.3 is 0 Å². The summed E-state index contributed by atoms with van der Waals surface area (Å²) in [7, 11) is 0. The van der Waals surface area contributed by atoms with Gasteiger partial charge in [0.05, 0.1) is 6.61 Å². The van der Waals surface area contributed by atoms with Crippen molar-refractivity contribution in [2.45, 2.75) is 33.4 Å². The molecule has 4 nitrogen and oxygen atoms in total. The van der Waals surface area contributed by atoms with Gasteiger partial charge in [0.2, 0.25) is 0 Å². The predicted molar refractivity (Wildman–Crippen MR) is 55.9 cm³/mol. The number of hydrogen-bond donors (Lipinski definition) is 3. The second-order valence-corrected chi connectivity index (χ2v) is 3.91. The molecule has 0 fully saturated rings. The standard InChI is InChI=1S/C10H19N3O/c1-7(2)10(6-14)12-5-9-4-11-8(3)13-9/h4,7,10,12,14H,5-6H2,1-3H3,(H,11,13)/t10-/m1/s1. The Labute approximate surface area is 84.8 Å². The van der Waals surface area contributed by atoms with Gasteiger partial charge in [0.25, 0.3) is 0 Å². The van der Waals surface area contributed by atoms with Gasteiger partial charge in [-0.3, -0.25) is 0 Å². The van der Waals surface area contributed by atoms with Crippen LogP contribution in [0.15, 0.2) is 6.20 Å². The average Bonchev–Trinajstić information content (AvgIpc) is 2.52. The van der Waals surface area contributed by atoms with Gasteiger partial charge in [0.15, 0.2) is 0 Å². The second kappa shape index (κ2) is 5.12. The number of nitrogens with one attached hydrogen (secondary N) is 2. The van der Waals surface area contributed by atoms with Crippen LogP contribution in [-0.4, -0.2) is 27.7 Å². The van der Waals surface area contributed by atoms with E-state index in [0.717, 1.165) is 18.1 Å². The van der Waals surface area contributed by atoms with Gasteiger partial charge in [-0.25, -0.2) is 4.98 Å². The zero-order valence-electron chi connectivity index (χ0n) is 9.04. The molecule has 0 saturated heterocycles. The van der Waals surface area contributed by atoms with Gasteiger partial charge in [-0.15, -0.1) is 0 Å². The summed E-state index contributed by atoms with van der Waals surface area (Å²) in [5, 5.41) is 12.4. The third kappa shape index (κ3) is 3.12. The number of aryl methyl sites for hydroxylation is 1. The monoisotopic (exact) mass is 197 g/mol. The van der Waals surface area contributed by atoms with E-state index in [1.807, 2.05) is 13.1 Å². The Kier molecular flexibility index (Phi) is 4.10. The summed E-state index contributed by atoms with van der Waals surface area (Å²) >= 11 is 0. The first-order valence-electron chi connectivity index (χ1n) is 4.98. The first-order valence-corrected chi connectivity index (χ1v) is 4.98. The zero-order chi connectivity index (χ0) is 10.6. The van der Waals surface area contributed by atoms with Gasteiger partial charge in [-0.2, -0.15) is 0 Å². The van der Waals surface area contributed by atoms with Crippen LogP contribution in [0.3, 0.4) is 0 Å². The Morgan fingerprint density at radius 2 is 2.29 bits per heavy atom. The number of aromatic nitrogens is 2. The molecule has 1 atom stereocenters. The van der Waals surface area contributed by atoms with Crippen LogP contribution in [0.4, 0.5) is 0 Å². The Bertz CT molecular complexity index is 270. The fraction of sp³-hybridized carbons (Fsp3) is 0.700. The molecule has 1 aromatic heterocycles. The van der Waals surface area contributed by atoms with E-state index >= 15 is 0 Å². The number of H-pyrrole nitrogens is 1. The number of aromatic amines is 1. The highest BCUT2D eigenvalue weighted by Crippen LogP contribution is 2.02. The van der Waals surface area contributed by atoms with Crippen molar-refractivity contribution in [2.75, 3.05) is 6.61 Å². The zero-order valence-corrected chi connectivity index (χ0v) is 9.04. The Morgan fingerprint density at radius 3 is 2.71 bits per heavy atom. The fourth-order valence-electron chi connectivity index (χ4n) is 1.31. The molecule has 0 unspecified atom stereocenters. The molecule has 0 aromatic carbocycles. The number of rotatable bonds is 5. The Balaban J connectivity index is 2.39. The third-order valence-electron chi connectivity index (χ3n) is 2.31. The minimum Gasteiger partial charge on any atom is -0.395 e. The smallest absolute Gasteiger partial charge is 0.103 e. The number of imidazole rings is 1. The van der Waals surface area contributed by atoms with Gasteiger partial charge in [-0.1, -0.05) is 13.8 Å². The van der Waals surface area contributed by atoms with Crippen LogP contribution in [0.2, 0.25) is 0 Å². The van der Waals surface area contributed by atoms with E-state index in [4.69, 9.17) is 5.11 Å². The fourth-order valence-corrected chi connectivity index (χ4v) is 1.31. The molecule has 1 aromatic rings. The van der Waals surface area contributed by atoms with Crippen LogP contribution in [0.5, 0.6) is 0 Å². The van der Waals surface area contributed by atoms with Crippen LogP contribution < -0.4 is 5.32 Å². The number of nitrogens with zero attached hydrogens (tertiary/aromatic N) is 1. The minimum atomic E-state index is 0.151. The lowest BCUT2D eigenvalue weighted by Crippen LogP contribution is -2.36. The molecule has 80 valence electrons. The molecule has 0 aliphatic carbocycles. The molecule has 14 heavy (non-hydrogen) atoms. The van der Waals surface area contributed by atoms with Crippen LogP contribution in [0.25, 0.3) is 0 Å². The normalized spacial score (nSPS) is 13.5. The minimum absolute atomic E-state index is 0.151. The Hall–Kier alpha value is -0.870. The molecular weight excluding hydrogens is 178 g/mol. The Morgan fingerprint density at radius 1 is 1.57 bits per heavy atom. The van der Waals surface area contributed by atoms with Crippen LogP contribution in [-0.2, 0) is 6.54 Å². The molecule has 3 N–H and O–H groups in total. The summed E-state index contributed by atoms with van der Waals surface area (Å²) in [4.78, 5) is 7.25. The molecule has 4 heteroatoms. The summed E-state index contributed by atoms with van der Waals surface area (Å²) in [6.07, 6.45) is 1.82. The van der Waals surface area contributed by atoms with E-state index < -0.39 is 0 Å². The summed E-state index contributed by atoms with van der Waals surface area (Å²) < 4.78 is 0. The van der Waals surface area contributed by atoms with E-state index in [0.29, 0.717) is 5.92 Å². The van der Waals surface area contributed by atoms with Crippen molar-refractivity contribution in [2.24, 2.45) is 5.92 Å². The van der Waals surface area contributed by atoms with Gasteiger partial charge < -0.3 is 15.4 Å². The molecule has 0 radical (unpaired) electrons. The molecule has 1 rings (SSSR count). The van der Waals surface area contributed by atoms with E-state index in [-0.39, 0.29) is 12.6 Å². The highest BCUT2D eigenvalue weighted by molar-refractivity contribution is 4.99. The van der Waals surface area contributed by atoms with E-state index in [9.17, 15) is 0 Å². The average molecular weight is 197 g/mol. The predicted octanol–water partition coefficient (Wildman–Crippen LogP) is 0.825. The van der Waals surface area contributed by atoms with Crippen LogP contribution >= 0.6 is 0 Å². The van der Waals surface area contributed by atoms with E-state index in [1.165, 1.54) is 0 Å². The SMILES string of the molecule is Cc1ncc(CN[C@H](CO)C(C)C)[nH]1. The van der Waals surface area contributed by atoms with Gasteiger partial charge in [0, 0.05) is 24.5 Å². The van der Waals surface area contributed by atoms with Crippen LogP contribution in [0, 0.1) is 12.8 Å². The second-order valence-electron chi connectivity index (χ2n) is 3.91. The van der Waals surface area contributed by atoms with E-state index in [2.05, 4.69) is 29.1 Å².